The minimum atomic E-state index is -0.622. The topological polar surface area (TPSA) is 138 Å². The van der Waals surface area contributed by atoms with E-state index in [9.17, 15) is 19.6 Å². The summed E-state index contributed by atoms with van der Waals surface area (Å²) in [7, 11) is 0. The fraction of sp³-hybridized carbons (Fsp3) is 0.0370. The maximum Gasteiger partial charge on any atom is 0.283 e. The zero-order valence-corrected chi connectivity index (χ0v) is 21.8. The highest BCUT2D eigenvalue weighted by Crippen LogP contribution is 2.31. The minimum absolute atomic E-state index is 0.0512. The lowest BCUT2D eigenvalue weighted by Gasteiger charge is -2.21. The smallest absolute Gasteiger partial charge is 0.283 e. The van der Waals surface area contributed by atoms with Crippen molar-refractivity contribution in [2.75, 3.05) is 20.8 Å². The summed E-state index contributed by atoms with van der Waals surface area (Å²) in [6.45, 7) is 1.90. The van der Waals surface area contributed by atoms with Crippen molar-refractivity contribution < 1.29 is 19.6 Å². The Morgan fingerprint density at radius 3 is 2.31 bits per heavy atom. The quantitative estimate of drug-likeness (QED) is 0.199. The summed E-state index contributed by atoms with van der Waals surface area (Å²) in [5, 5.41) is 27.2. The molecule has 0 bridgehead atoms. The average molecular weight is 561 g/mol. The van der Waals surface area contributed by atoms with Gasteiger partial charge in [0.25, 0.3) is 17.7 Å². The summed E-state index contributed by atoms with van der Waals surface area (Å²) in [6.07, 6.45) is 0. The molecule has 0 spiro atoms. The van der Waals surface area contributed by atoms with Gasteiger partial charge in [0.05, 0.1) is 17.1 Å². The molecule has 196 valence electrons. The molecule has 4 aromatic rings. The molecule has 0 radical (unpaired) electrons. The van der Waals surface area contributed by atoms with Crippen LogP contribution in [0.1, 0.15) is 15.9 Å². The number of carbonyl (C=O) groups is 3. The molecule has 2 heterocycles. The van der Waals surface area contributed by atoms with Gasteiger partial charge in [-0.2, -0.15) is 0 Å². The van der Waals surface area contributed by atoms with Gasteiger partial charge in [0.2, 0.25) is 0 Å². The molecule has 0 aliphatic carbocycles. The van der Waals surface area contributed by atoms with E-state index in [2.05, 4.69) is 15.6 Å². The fourth-order valence-electron chi connectivity index (χ4n) is 3.78. The summed E-state index contributed by atoms with van der Waals surface area (Å²) in [4.78, 5) is 43.7. The average Bonchev–Trinajstić information content (AvgIpc) is 3.48. The van der Waals surface area contributed by atoms with Crippen molar-refractivity contribution in [2.24, 2.45) is 0 Å². The lowest BCUT2D eigenvalue weighted by atomic mass is 10.1. The lowest BCUT2D eigenvalue weighted by molar-refractivity contribution is -0.120. The lowest BCUT2D eigenvalue weighted by Crippen LogP contribution is -2.32. The molecule has 0 atom stereocenters. The minimum Gasteiger partial charge on any atom is -0.733 e. The van der Waals surface area contributed by atoms with E-state index >= 15 is 0 Å². The number of rotatable bonds is 7. The number of aromatic nitrogens is 1. The predicted molar refractivity (Wildman–Crippen MR) is 150 cm³/mol. The van der Waals surface area contributed by atoms with Gasteiger partial charge in [0, 0.05) is 22.2 Å². The monoisotopic (exact) mass is 560 g/mol. The zero-order chi connectivity index (χ0) is 27.7. The first-order chi connectivity index (χ1) is 18.7. The summed E-state index contributed by atoms with van der Waals surface area (Å²) in [6, 6.07) is 19.4. The van der Waals surface area contributed by atoms with Gasteiger partial charge < -0.3 is 15.8 Å². The van der Waals surface area contributed by atoms with Crippen molar-refractivity contribution in [1.82, 2.24) is 4.98 Å². The van der Waals surface area contributed by atoms with Crippen LogP contribution in [0.3, 0.4) is 0 Å². The summed E-state index contributed by atoms with van der Waals surface area (Å²) in [5.74, 6) is -1.59. The maximum atomic E-state index is 12.9. The number of nitrogens with zero attached hydrogens (tertiary/aromatic N) is 3. The Bertz CT molecular complexity index is 1600. The SMILES string of the molecule is Cc1ccc(N2C(=O)C(Cl)=C(Nc3ccc(C(=O)Nc4nc(-c5ccc(N([O-])O)cc5)cs4)cc3)C2=O)cc1. The molecular weight excluding hydrogens is 542 g/mol. The summed E-state index contributed by atoms with van der Waals surface area (Å²) < 4.78 is 0. The highest BCUT2D eigenvalue weighted by molar-refractivity contribution is 7.14. The number of carbonyl (C=O) groups excluding carboxylic acids is 3. The first-order valence-electron chi connectivity index (χ1n) is 11.5. The molecule has 3 amide bonds. The van der Waals surface area contributed by atoms with Gasteiger partial charge in [-0.25, -0.2) is 9.88 Å². The molecule has 1 aromatic heterocycles. The molecule has 0 saturated carbocycles. The third kappa shape index (κ3) is 5.38. The van der Waals surface area contributed by atoms with Crippen LogP contribution in [0.4, 0.5) is 22.2 Å². The van der Waals surface area contributed by atoms with E-state index < -0.39 is 17.7 Å². The molecule has 3 N–H and O–H groups in total. The molecule has 0 saturated heterocycles. The number of hydrogen-bond acceptors (Lipinski definition) is 9. The normalized spacial score (nSPS) is 13.2. The molecule has 3 aromatic carbocycles. The van der Waals surface area contributed by atoms with Gasteiger partial charge in [0.1, 0.15) is 10.7 Å². The first-order valence-corrected chi connectivity index (χ1v) is 12.7. The Balaban J connectivity index is 1.24. The van der Waals surface area contributed by atoms with Crippen LogP contribution in [0.25, 0.3) is 11.3 Å². The van der Waals surface area contributed by atoms with Gasteiger partial charge in [0.15, 0.2) is 5.13 Å². The Morgan fingerprint density at radius 2 is 1.67 bits per heavy atom. The van der Waals surface area contributed by atoms with Crippen molar-refractivity contribution in [3.63, 3.8) is 0 Å². The van der Waals surface area contributed by atoms with Crippen LogP contribution in [0.15, 0.2) is 88.9 Å². The number of hydrogen-bond donors (Lipinski definition) is 3. The second-order valence-electron chi connectivity index (χ2n) is 8.48. The third-order valence-corrected chi connectivity index (χ3v) is 6.95. The second-order valence-corrected chi connectivity index (χ2v) is 9.72. The molecule has 1 aliphatic heterocycles. The summed E-state index contributed by atoms with van der Waals surface area (Å²) >= 11 is 7.43. The van der Waals surface area contributed by atoms with E-state index in [1.165, 1.54) is 23.5 Å². The van der Waals surface area contributed by atoms with Crippen molar-refractivity contribution in [2.45, 2.75) is 6.92 Å². The number of benzene rings is 3. The van der Waals surface area contributed by atoms with E-state index in [1.807, 2.05) is 6.92 Å². The molecule has 10 nitrogen and oxygen atoms in total. The summed E-state index contributed by atoms with van der Waals surface area (Å²) in [5.41, 5.74) is 3.55. The van der Waals surface area contributed by atoms with Crippen LogP contribution in [0, 0.1) is 12.1 Å². The molecular formula is C27H19ClN5O5S-. The number of amides is 3. The van der Waals surface area contributed by atoms with Crippen LogP contribution >= 0.6 is 22.9 Å². The Labute approximate surface area is 231 Å². The molecule has 0 unspecified atom stereocenters. The fourth-order valence-corrected chi connectivity index (χ4v) is 4.71. The number of halogens is 1. The standard InChI is InChI=1S/C27H19ClN5O5S/c1-15-2-10-19(11-3-15)32-25(35)22(28)23(26(32)36)29-18-8-4-17(5-9-18)24(34)31-27-30-21(14-39-27)16-6-12-20(13-7-16)33(37)38/h2-14,29,37H,1H3,(H,30,31,34)/q-1. The Kier molecular flexibility index (Phi) is 7.13. The van der Waals surface area contributed by atoms with Crippen molar-refractivity contribution in [3.8, 4) is 11.3 Å². The number of aryl methyl sites for hydroxylation is 1. The van der Waals surface area contributed by atoms with Gasteiger partial charge in [-0.3, -0.25) is 24.9 Å². The number of thiazole rings is 1. The molecule has 5 rings (SSSR count). The Hall–Kier alpha value is -4.55. The van der Waals surface area contributed by atoms with Gasteiger partial charge in [-0.1, -0.05) is 41.4 Å². The molecule has 12 heteroatoms. The van der Waals surface area contributed by atoms with E-state index in [-0.39, 0.29) is 21.6 Å². The third-order valence-electron chi connectivity index (χ3n) is 5.84. The van der Waals surface area contributed by atoms with Crippen molar-refractivity contribution in [1.29, 1.82) is 0 Å². The van der Waals surface area contributed by atoms with Crippen molar-refractivity contribution in [3.05, 3.63) is 105 Å². The van der Waals surface area contributed by atoms with Crippen molar-refractivity contribution >= 4 is 62.9 Å². The number of nitrogens with one attached hydrogen (secondary N) is 2. The van der Waals surface area contributed by atoms with Crippen LogP contribution in [-0.2, 0) is 9.59 Å². The van der Waals surface area contributed by atoms with Crippen LogP contribution < -0.4 is 20.8 Å². The van der Waals surface area contributed by atoms with Gasteiger partial charge in [-0.05, 0) is 55.5 Å². The molecule has 39 heavy (non-hydrogen) atoms. The van der Waals surface area contributed by atoms with Crippen LogP contribution in [-0.4, -0.2) is 27.9 Å². The highest BCUT2D eigenvalue weighted by atomic mass is 35.5. The van der Waals surface area contributed by atoms with E-state index in [4.69, 9.17) is 16.8 Å². The van der Waals surface area contributed by atoms with Crippen LogP contribution in [0.2, 0.25) is 0 Å². The van der Waals surface area contributed by atoms with Gasteiger partial charge >= 0.3 is 0 Å². The zero-order valence-electron chi connectivity index (χ0n) is 20.2. The molecule has 1 aliphatic rings. The van der Waals surface area contributed by atoms with E-state index in [0.29, 0.717) is 33.3 Å². The van der Waals surface area contributed by atoms with E-state index in [0.717, 1.165) is 10.5 Å². The predicted octanol–water partition coefficient (Wildman–Crippen LogP) is 5.50. The Morgan fingerprint density at radius 1 is 1.00 bits per heavy atom. The molecule has 0 fully saturated rings. The highest BCUT2D eigenvalue weighted by Gasteiger charge is 2.38. The van der Waals surface area contributed by atoms with E-state index in [1.54, 1.807) is 66.0 Å². The number of imide groups is 1. The van der Waals surface area contributed by atoms with Crippen LogP contribution in [0.5, 0.6) is 0 Å². The first kappa shape index (κ1) is 26.1. The van der Waals surface area contributed by atoms with Gasteiger partial charge in [-0.15, -0.1) is 11.3 Å². The largest absolute Gasteiger partial charge is 0.733 e. The second kappa shape index (κ2) is 10.7. The maximum absolute atomic E-state index is 12.9. The number of anilines is 4.